The van der Waals surface area contributed by atoms with Gasteiger partial charge in [-0.15, -0.1) is 0 Å². The Balaban J connectivity index is 2.22. The Kier molecular flexibility index (Phi) is 3.82. The number of hydrogen-bond acceptors (Lipinski definition) is 2. The topological polar surface area (TPSA) is 43.1 Å². The number of carbonyl (C=O) groups excluding carboxylic acids is 1. The zero-order valence-electron chi connectivity index (χ0n) is 10.1. The number of hydrogen-bond donors (Lipinski definition) is 1. The van der Waals surface area contributed by atoms with Gasteiger partial charge >= 0.3 is 0 Å². The number of nitrogen functional groups attached to an aromatic ring is 1. The van der Waals surface area contributed by atoms with E-state index in [2.05, 4.69) is 15.9 Å². The summed E-state index contributed by atoms with van der Waals surface area (Å²) in [5, 5.41) is 0. The first-order valence-corrected chi connectivity index (χ1v) is 6.50. The summed E-state index contributed by atoms with van der Waals surface area (Å²) in [4.78, 5) is 12.2. The van der Waals surface area contributed by atoms with Crippen molar-refractivity contribution < 1.29 is 4.79 Å². The molecule has 3 heteroatoms. The largest absolute Gasteiger partial charge is 0.398 e. The Hall–Kier alpha value is -1.61. The van der Waals surface area contributed by atoms with E-state index in [0.29, 0.717) is 17.7 Å². The molecule has 0 spiro atoms. The highest BCUT2D eigenvalue weighted by atomic mass is 79.9. The summed E-state index contributed by atoms with van der Waals surface area (Å²) >= 11 is 3.34. The Labute approximate surface area is 115 Å². The van der Waals surface area contributed by atoms with Crippen molar-refractivity contribution in [3.05, 3.63) is 63.6 Å². The molecule has 2 aromatic rings. The Morgan fingerprint density at radius 3 is 2.61 bits per heavy atom. The third kappa shape index (κ3) is 2.79. The van der Waals surface area contributed by atoms with Crippen molar-refractivity contribution in [3.8, 4) is 0 Å². The summed E-state index contributed by atoms with van der Waals surface area (Å²) in [5.74, 6) is 0.102. The maximum Gasteiger partial charge on any atom is 0.167 e. The smallest absolute Gasteiger partial charge is 0.167 e. The summed E-state index contributed by atoms with van der Waals surface area (Å²) in [6, 6.07) is 13.2. The number of aryl methyl sites for hydroxylation is 1. The summed E-state index contributed by atoms with van der Waals surface area (Å²) in [7, 11) is 0. The lowest BCUT2D eigenvalue weighted by Gasteiger charge is -2.06. The van der Waals surface area contributed by atoms with Crippen LogP contribution in [-0.4, -0.2) is 5.78 Å². The molecule has 0 aromatic heterocycles. The number of halogens is 1. The van der Waals surface area contributed by atoms with Crippen LogP contribution in [0.5, 0.6) is 0 Å². The van der Waals surface area contributed by atoms with Gasteiger partial charge in [-0.1, -0.05) is 24.3 Å². The van der Waals surface area contributed by atoms with E-state index in [9.17, 15) is 4.79 Å². The Morgan fingerprint density at radius 2 is 1.94 bits per heavy atom. The molecule has 2 aromatic carbocycles. The van der Waals surface area contributed by atoms with Gasteiger partial charge in [0.05, 0.1) is 0 Å². The zero-order valence-corrected chi connectivity index (χ0v) is 11.7. The molecule has 0 radical (unpaired) electrons. The molecule has 0 atom stereocenters. The van der Waals surface area contributed by atoms with Gasteiger partial charge in [-0.05, 0) is 52.2 Å². The molecule has 0 aliphatic carbocycles. The monoisotopic (exact) mass is 303 g/mol. The lowest BCUT2D eigenvalue weighted by atomic mass is 9.99. The van der Waals surface area contributed by atoms with Crippen LogP contribution in [0.15, 0.2) is 46.9 Å². The summed E-state index contributed by atoms with van der Waals surface area (Å²) in [5.41, 5.74) is 9.23. The van der Waals surface area contributed by atoms with Gasteiger partial charge in [-0.2, -0.15) is 0 Å². The first-order chi connectivity index (χ1) is 8.58. The molecular formula is C15H14BrNO. The first kappa shape index (κ1) is 12.8. The van der Waals surface area contributed by atoms with Gasteiger partial charge in [0.25, 0.3) is 0 Å². The molecule has 0 aliphatic heterocycles. The maximum atomic E-state index is 12.2. The van der Waals surface area contributed by atoms with E-state index in [1.54, 1.807) is 18.2 Å². The number of anilines is 1. The van der Waals surface area contributed by atoms with E-state index in [1.165, 1.54) is 0 Å². The molecule has 0 bridgehead atoms. The number of ketones is 1. The standard InChI is InChI=1S/C15H14BrNO/c1-10-4-2-3-5-11(10)9-15(18)12-6-7-14(17)13(16)8-12/h2-8H,9,17H2,1H3. The Morgan fingerprint density at radius 1 is 1.22 bits per heavy atom. The quantitative estimate of drug-likeness (QED) is 0.693. The SMILES string of the molecule is Cc1ccccc1CC(=O)c1ccc(N)c(Br)c1. The molecule has 0 unspecified atom stereocenters. The summed E-state index contributed by atoms with van der Waals surface area (Å²) in [6.45, 7) is 2.02. The van der Waals surface area contributed by atoms with Crippen molar-refractivity contribution in [3.63, 3.8) is 0 Å². The molecule has 2 N–H and O–H groups in total. The minimum absolute atomic E-state index is 0.102. The second-order valence-corrected chi connectivity index (χ2v) is 5.12. The van der Waals surface area contributed by atoms with Crippen molar-refractivity contribution in [1.82, 2.24) is 0 Å². The van der Waals surface area contributed by atoms with Crippen LogP contribution in [0.2, 0.25) is 0 Å². The van der Waals surface area contributed by atoms with E-state index < -0.39 is 0 Å². The fraction of sp³-hybridized carbons (Fsp3) is 0.133. The highest BCUT2D eigenvalue weighted by Gasteiger charge is 2.09. The lowest BCUT2D eigenvalue weighted by Crippen LogP contribution is -2.05. The van der Waals surface area contributed by atoms with Crippen molar-refractivity contribution in [2.45, 2.75) is 13.3 Å². The third-order valence-corrected chi connectivity index (χ3v) is 3.62. The molecule has 92 valence electrons. The second-order valence-electron chi connectivity index (χ2n) is 4.26. The van der Waals surface area contributed by atoms with Gasteiger partial charge in [0, 0.05) is 22.1 Å². The van der Waals surface area contributed by atoms with Crippen LogP contribution in [-0.2, 0) is 6.42 Å². The van der Waals surface area contributed by atoms with E-state index in [0.717, 1.165) is 15.6 Å². The molecule has 0 aliphatic rings. The van der Waals surface area contributed by atoms with Crippen LogP contribution in [0.1, 0.15) is 21.5 Å². The molecule has 18 heavy (non-hydrogen) atoms. The summed E-state index contributed by atoms with van der Waals surface area (Å²) in [6.07, 6.45) is 0.420. The van der Waals surface area contributed by atoms with Gasteiger partial charge in [0.2, 0.25) is 0 Å². The van der Waals surface area contributed by atoms with Crippen LogP contribution in [0.3, 0.4) is 0 Å². The zero-order chi connectivity index (χ0) is 13.1. The van der Waals surface area contributed by atoms with Crippen molar-refractivity contribution in [1.29, 1.82) is 0 Å². The van der Waals surface area contributed by atoms with Gasteiger partial charge in [-0.25, -0.2) is 0 Å². The number of rotatable bonds is 3. The van der Waals surface area contributed by atoms with Crippen LogP contribution in [0.4, 0.5) is 5.69 Å². The number of carbonyl (C=O) groups is 1. The van der Waals surface area contributed by atoms with Gasteiger partial charge in [0.1, 0.15) is 0 Å². The minimum Gasteiger partial charge on any atom is -0.398 e. The normalized spacial score (nSPS) is 10.3. The Bertz CT molecular complexity index is 593. The predicted octanol–water partition coefficient (Wildman–Crippen LogP) is 3.77. The van der Waals surface area contributed by atoms with Crippen LogP contribution in [0.25, 0.3) is 0 Å². The van der Waals surface area contributed by atoms with Gasteiger partial charge in [0.15, 0.2) is 5.78 Å². The van der Waals surface area contributed by atoms with E-state index in [1.807, 2.05) is 31.2 Å². The average molecular weight is 304 g/mol. The molecule has 0 saturated heterocycles. The third-order valence-electron chi connectivity index (χ3n) is 2.93. The number of Topliss-reactive ketones (excluding diaryl/α,β-unsaturated/α-hetero) is 1. The highest BCUT2D eigenvalue weighted by molar-refractivity contribution is 9.10. The summed E-state index contributed by atoms with van der Waals surface area (Å²) < 4.78 is 0.762. The molecule has 0 amide bonds. The molecule has 0 heterocycles. The van der Waals surface area contributed by atoms with Crippen molar-refractivity contribution in [2.24, 2.45) is 0 Å². The molecule has 0 fully saturated rings. The molecule has 2 nitrogen and oxygen atoms in total. The molecular weight excluding hydrogens is 290 g/mol. The lowest BCUT2D eigenvalue weighted by molar-refractivity contribution is 0.0992. The predicted molar refractivity (Wildman–Crippen MR) is 77.8 cm³/mol. The number of nitrogens with two attached hydrogens (primary N) is 1. The van der Waals surface area contributed by atoms with Crippen LogP contribution >= 0.6 is 15.9 Å². The van der Waals surface area contributed by atoms with Gasteiger partial charge in [-0.3, -0.25) is 4.79 Å². The van der Waals surface area contributed by atoms with Crippen molar-refractivity contribution >= 4 is 27.4 Å². The van der Waals surface area contributed by atoms with E-state index in [-0.39, 0.29) is 5.78 Å². The maximum absolute atomic E-state index is 12.2. The fourth-order valence-corrected chi connectivity index (χ4v) is 2.16. The second kappa shape index (κ2) is 5.36. The van der Waals surface area contributed by atoms with Gasteiger partial charge < -0.3 is 5.73 Å². The minimum atomic E-state index is 0.102. The molecule has 2 rings (SSSR count). The van der Waals surface area contributed by atoms with Crippen LogP contribution < -0.4 is 5.73 Å². The van der Waals surface area contributed by atoms with E-state index >= 15 is 0 Å². The first-order valence-electron chi connectivity index (χ1n) is 5.70. The highest BCUT2D eigenvalue weighted by Crippen LogP contribution is 2.21. The fourth-order valence-electron chi connectivity index (χ4n) is 1.78. The van der Waals surface area contributed by atoms with E-state index in [4.69, 9.17) is 5.73 Å². The van der Waals surface area contributed by atoms with Crippen molar-refractivity contribution in [2.75, 3.05) is 5.73 Å². The van der Waals surface area contributed by atoms with Crippen LogP contribution in [0, 0.1) is 6.92 Å². The average Bonchev–Trinajstić information content (AvgIpc) is 2.35. The number of benzene rings is 2. The molecule has 0 saturated carbocycles.